The molecule has 0 unspecified atom stereocenters. The lowest BCUT2D eigenvalue weighted by Crippen LogP contribution is -2.16. The largest absolute Gasteiger partial charge is 0.383 e. The molecule has 104 valence electrons. The van der Waals surface area contributed by atoms with E-state index < -0.39 is 0 Å². The zero-order chi connectivity index (χ0) is 13.9. The molecule has 2 aromatic heterocycles. The van der Waals surface area contributed by atoms with Crippen molar-refractivity contribution >= 4 is 17.6 Å². The first-order chi connectivity index (χ1) is 9.70. The number of anilines is 1. The summed E-state index contributed by atoms with van der Waals surface area (Å²) < 4.78 is 0. The van der Waals surface area contributed by atoms with Crippen molar-refractivity contribution in [2.75, 3.05) is 5.73 Å². The van der Waals surface area contributed by atoms with Crippen molar-refractivity contribution in [3.63, 3.8) is 0 Å². The molecular formula is C13H15N5OS. The standard InChI is InChI=1S/C13H15N5OS/c14-10-6-11(19)18-13(17-10)20-12-8(2-1-5-15-12)7-16-9-3-4-9/h1-2,5-6,9,16H,3-4,7H2,(H3,14,17,18,19). The first kappa shape index (κ1) is 13.1. The van der Waals surface area contributed by atoms with Gasteiger partial charge in [0.2, 0.25) is 0 Å². The summed E-state index contributed by atoms with van der Waals surface area (Å²) in [7, 11) is 0. The van der Waals surface area contributed by atoms with E-state index >= 15 is 0 Å². The van der Waals surface area contributed by atoms with Gasteiger partial charge in [0.05, 0.1) is 0 Å². The van der Waals surface area contributed by atoms with E-state index in [0.717, 1.165) is 17.1 Å². The van der Waals surface area contributed by atoms with Crippen LogP contribution in [0.25, 0.3) is 0 Å². The molecule has 0 aliphatic heterocycles. The van der Waals surface area contributed by atoms with Crippen molar-refractivity contribution in [2.24, 2.45) is 0 Å². The molecule has 1 aliphatic carbocycles. The number of pyridine rings is 1. The van der Waals surface area contributed by atoms with E-state index in [1.807, 2.05) is 12.1 Å². The van der Waals surface area contributed by atoms with Gasteiger partial charge >= 0.3 is 0 Å². The van der Waals surface area contributed by atoms with Crippen molar-refractivity contribution in [1.29, 1.82) is 0 Å². The van der Waals surface area contributed by atoms with Gasteiger partial charge in [0.25, 0.3) is 5.56 Å². The summed E-state index contributed by atoms with van der Waals surface area (Å²) in [5, 5.41) is 4.74. The van der Waals surface area contributed by atoms with Gasteiger partial charge in [0.15, 0.2) is 5.16 Å². The number of nitrogen functional groups attached to an aromatic ring is 1. The van der Waals surface area contributed by atoms with Crippen molar-refractivity contribution in [1.82, 2.24) is 20.3 Å². The third-order valence-electron chi connectivity index (χ3n) is 2.94. The van der Waals surface area contributed by atoms with Crippen molar-refractivity contribution < 1.29 is 0 Å². The molecule has 0 radical (unpaired) electrons. The Hall–Kier alpha value is -1.86. The minimum absolute atomic E-state index is 0.213. The van der Waals surface area contributed by atoms with Crippen molar-refractivity contribution in [2.45, 2.75) is 35.6 Å². The summed E-state index contributed by atoms with van der Waals surface area (Å²) >= 11 is 1.32. The molecule has 4 N–H and O–H groups in total. The van der Waals surface area contributed by atoms with Crippen LogP contribution in [-0.2, 0) is 6.54 Å². The molecule has 3 rings (SSSR count). The van der Waals surface area contributed by atoms with Crippen LogP contribution in [0.1, 0.15) is 18.4 Å². The number of hydrogen-bond donors (Lipinski definition) is 3. The molecule has 0 spiro atoms. The molecule has 1 aliphatic rings. The molecule has 1 fully saturated rings. The van der Waals surface area contributed by atoms with Crippen LogP contribution in [0.3, 0.4) is 0 Å². The molecule has 0 bridgehead atoms. The molecule has 1 saturated carbocycles. The number of H-pyrrole nitrogens is 1. The first-order valence-electron chi connectivity index (χ1n) is 6.43. The Morgan fingerprint density at radius 1 is 1.50 bits per heavy atom. The van der Waals surface area contributed by atoms with Gasteiger partial charge in [-0.1, -0.05) is 6.07 Å². The smallest absolute Gasteiger partial charge is 0.253 e. The predicted octanol–water partition coefficient (Wildman–Crippen LogP) is 1.15. The number of aromatic nitrogens is 3. The molecule has 0 amide bonds. The van der Waals surface area contributed by atoms with Gasteiger partial charge in [-0.25, -0.2) is 9.97 Å². The number of hydrogen-bond acceptors (Lipinski definition) is 6. The lowest BCUT2D eigenvalue weighted by molar-refractivity contribution is 0.675. The maximum Gasteiger partial charge on any atom is 0.253 e. The van der Waals surface area contributed by atoms with E-state index in [4.69, 9.17) is 5.73 Å². The first-order valence-corrected chi connectivity index (χ1v) is 7.24. The van der Waals surface area contributed by atoms with Gasteiger partial charge in [-0.3, -0.25) is 4.79 Å². The van der Waals surface area contributed by atoms with Crippen molar-refractivity contribution in [3.8, 4) is 0 Å². The molecule has 7 heteroatoms. The zero-order valence-corrected chi connectivity index (χ0v) is 11.6. The fourth-order valence-electron chi connectivity index (χ4n) is 1.79. The molecule has 0 aromatic carbocycles. The minimum Gasteiger partial charge on any atom is -0.383 e. The van der Waals surface area contributed by atoms with E-state index in [1.165, 1.54) is 30.7 Å². The average Bonchev–Trinajstić information content (AvgIpc) is 3.20. The van der Waals surface area contributed by atoms with E-state index in [-0.39, 0.29) is 11.4 Å². The number of rotatable bonds is 5. The van der Waals surface area contributed by atoms with Crippen LogP contribution in [0.15, 0.2) is 39.4 Å². The fraction of sp³-hybridized carbons (Fsp3) is 0.308. The highest BCUT2D eigenvalue weighted by Gasteiger charge is 2.20. The third-order valence-corrected chi connectivity index (χ3v) is 3.89. The Kier molecular flexibility index (Phi) is 3.70. The predicted molar refractivity (Wildman–Crippen MR) is 77.5 cm³/mol. The second-order valence-electron chi connectivity index (χ2n) is 4.70. The quantitative estimate of drug-likeness (QED) is 0.714. The maximum absolute atomic E-state index is 11.4. The molecule has 20 heavy (non-hydrogen) atoms. The highest BCUT2D eigenvalue weighted by atomic mass is 32.2. The van der Waals surface area contributed by atoms with Crippen LogP contribution >= 0.6 is 11.8 Å². The lowest BCUT2D eigenvalue weighted by atomic mass is 10.3. The van der Waals surface area contributed by atoms with Crippen LogP contribution in [0.5, 0.6) is 0 Å². The van der Waals surface area contributed by atoms with Gasteiger partial charge in [0.1, 0.15) is 10.8 Å². The van der Waals surface area contributed by atoms with E-state index in [2.05, 4.69) is 20.3 Å². The number of nitrogens with one attached hydrogen (secondary N) is 2. The summed E-state index contributed by atoms with van der Waals surface area (Å²) in [4.78, 5) is 22.5. The highest BCUT2D eigenvalue weighted by molar-refractivity contribution is 7.99. The molecule has 0 atom stereocenters. The summed E-state index contributed by atoms with van der Waals surface area (Å²) in [5.74, 6) is 0.213. The molecule has 6 nitrogen and oxygen atoms in total. The molecule has 2 heterocycles. The van der Waals surface area contributed by atoms with E-state index in [1.54, 1.807) is 6.20 Å². The van der Waals surface area contributed by atoms with Crippen molar-refractivity contribution in [3.05, 3.63) is 40.3 Å². The van der Waals surface area contributed by atoms with Crippen LogP contribution in [-0.4, -0.2) is 21.0 Å². The Balaban J connectivity index is 1.79. The Morgan fingerprint density at radius 3 is 3.10 bits per heavy atom. The molecule has 0 saturated heterocycles. The Labute approximate surface area is 120 Å². The Bertz CT molecular complexity index is 668. The Morgan fingerprint density at radius 2 is 2.35 bits per heavy atom. The van der Waals surface area contributed by atoms with Gasteiger partial charge in [0, 0.05) is 24.8 Å². The third kappa shape index (κ3) is 3.37. The van der Waals surface area contributed by atoms with Gasteiger partial charge in [-0.05, 0) is 36.2 Å². The van der Waals surface area contributed by atoms with E-state index in [0.29, 0.717) is 11.2 Å². The van der Waals surface area contributed by atoms with Crippen LogP contribution in [0.2, 0.25) is 0 Å². The maximum atomic E-state index is 11.4. The van der Waals surface area contributed by atoms with Crippen LogP contribution in [0, 0.1) is 0 Å². The molecule has 2 aromatic rings. The number of aromatic amines is 1. The van der Waals surface area contributed by atoms with Crippen LogP contribution < -0.4 is 16.6 Å². The summed E-state index contributed by atoms with van der Waals surface area (Å²) in [6.45, 7) is 0.771. The second-order valence-corrected chi connectivity index (χ2v) is 5.68. The summed E-state index contributed by atoms with van der Waals surface area (Å²) in [6, 6.07) is 5.83. The second kappa shape index (κ2) is 5.64. The SMILES string of the molecule is Nc1cc(=O)[nH]c(Sc2ncccc2CNC2CC2)n1. The molecular weight excluding hydrogens is 274 g/mol. The van der Waals surface area contributed by atoms with Gasteiger partial charge in [-0.2, -0.15) is 0 Å². The zero-order valence-electron chi connectivity index (χ0n) is 10.8. The topological polar surface area (TPSA) is 96.7 Å². The number of nitrogens with zero attached hydrogens (tertiary/aromatic N) is 2. The highest BCUT2D eigenvalue weighted by Crippen LogP contribution is 2.26. The number of nitrogens with two attached hydrogens (primary N) is 1. The van der Waals surface area contributed by atoms with E-state index in [9.17, 15) is 4.79 Å². The minimum atomic E-state index is -0.256. The summed E-state index contributed by atoms with van der Waals surface area (Å²) in [5.41, 5.74) is 6.42. The monoisotopic (exact) mass is 289 g/mol. The van der Waals surface area contributed by atoms with Crippen LogP contribution in [0.4, 0.5) is 5.82 Å². The fourth-order valence-corrected chi connectivity index (χ4v) is 2.66. The van der Waals surface area contributed by atoms with Gasteiger partial charge in [-0.15, -0.1) is 0 Å². The van der Waals surface area contributed by atoms with Gasteiger partial charge < -0.3 is 16.0 Å². The lowest BCUT2D eigenvalue weighted by Gasteiger charge is -2.08. The normalized spacial score (nSPS) is 14.4. The average molecular weight is 289 g/mol. The summed E-state index contributed by atoms with van der Waals surface area (Å²) in [6.07, 6.45) is 4.22.